The fourth-order valence-corrected chi connectivity index (χ4v) is 1.63. The molecule has 21 heavy (non-hydrogen) atoms. The Morgan fingerprint density at radius 3 is 2.52 bits per heavy atom. The molecular weight excluding hydrogens is 279 g/mol. The molecule has 0 aliphatic carbocycles. The van der Waals surface area contributed by atoms with Crippen molar-refractivity contribution in [2.24, 2.45) is 0 Å². The number of rotatable bonds is 6. The summed E-state index contributed by atoms with van der Waals surface area (Å²) in [6, 6.07) is 3.20. The molecular formula is C14H17FN2O4. The minimum absolute atomic E-state index is 0.0119. The third-order valence-corrected chi connectivity index (χ3v) is 2.75. The monoisotopic (exact) mass is 296 g/mol. The molecule has 0 heterocycles. The van der Waals surface area contributed by atoms with Crippen LogP contribution in [0.2, 0.25) is 0 Å². The molecule has 0 atom stereocenters. The molecule has 0 aromatic heterocycles. The number of imide groups is 1. The van der Waals surface area contributed by atoms with E-state index < -0.39 is 23.7 Å². The average Bonchev–Trinajstić information content (AvgIpc) is 2.38. The Labute approximate surface area is 121 Å². The molecule has 0 saturated carbocycles. The van der Waals surface area contributed by atoms with Crippen LogP contribution in [0.25, 0.3) is 0 Å². The van der Waals surface area contributed by atoms with E-state index in [1.54, 1.807) is 6.92 Å². The third kappa shape index (κ3) is 6.51. The van der Waals surface area contributed by atoms with E-state index in [2.05, 4.69) is 10.6 Å². The van der Waals surface area contributed by atoms with Gasteiger partial charge in [-0.1, -0.05) is 6.07 Å². The number of aryl methyl sites for hydroxylation is 1. The van der Waals surface area contributed by atoms with E-state index in [0.29, 0.717) is 18.4 Å². The number of anilines is 1. The molecule has 0 spiro atoms. The number of carbonyl (C=O) groups excluding carboxylic acids is 2. The lowest BCUT2D eigenvalue weighted by molar-refractivity contribution is -0.137. The van der Waals surface area contributed by atoms with Crippen molar-refractivity contribution in [3.05, 3.63) is 29.6 Å². The number of urea groups is 1. The first-order valence-electron chi connectivity index (χ1n) is 6.47. The Hall–Kier alpha value is -2.44. The summed E-state index contributed by atoms with van der Waals surface area (Å²) in [6.07, 6.45) is 0.794. The average molecular weight is 296 g/mol. The van der Waals surface area contributed by atoms with Crippen LogP contribution in [0, 0.1) is 12.7 Å². The quantitative estimate of drug-likeness (QED) is 0.702. The number of carbonyl (C=O) groups is 3. The molecule has 1 aromatic carbocycles. The summed E-state index contributed by atoms with van der Waals surface area (Å²) >= 11 is 0. The van der Waals surface area contributed by atoms with Crippen molar-refractivity contribution >= 4 is 23.6 Å². The SMILES string of the molecule is Cc1ccc(F)cc1NC(=O)NC(=O)CCCCC(=O)O. The molecule has 3 amide bonds. The molecule has 0 aliphatic rings. The highest BCUT2D eigenvalue weighted by molar-refractivity contribution is 6.01. The third-order valence-electron chi connectivity index (χ3n) is 2.75. The number of amides is 3. The highest BCUT2D eigenvalue weighted by Crippen LogP contribution is 2.15. The van der Waals surface area contributed by atoms with E-state index in [1.807, 2.05) is 0 Å². The number of carboxylic acid groups (broad SMARTS) is 1. The van der Waals surface area contributed by atoms with Crippen LogP contribution in [0.1, 0.15) is 31.2 Å². The van der Waals surface area contributed by atoms with Gasteiger partial charge >= 0.3 is 12.0 Å². The molecule has 7 heteroatoms. The number of aliphatic carboxylic acids is 1. The summed E-state index contributed by atoms with van der Waals surface area (Å²) in [5.74, 6) is -1.92. The zero-order valence-corrected chi connectivity index (χ0v) is 11.6. The van der Waals surface area contributed by atoms with Crippen molar-refractivity contribution in [3.8, 4) is 0 Å². The van der Waals surface area contributed by atoms with Crippen LogP contribution in [-0.2, 0) is 9.59 Å². The van der Waals surface area contributed by atoms with Gasteiger partial charge in [0.15, 0.2) is 0 Å². The van der Waals surface area contributed by atoms with Gasteiger partial charge in [0.2, 0.25) is 5.91 Å². The molecule has 0 fully saturated rings. The van der Waals surface area contributed by atoms with Crippen LogP contribution in [0.3, 0.4) is 0 Å². The first kappa shape index (κ1) is 16.6. The second-order valence-corrected chi connectivity index (χ2v) is 4.56. The number of carboxylic acids is 1. The van der Waals surface area contributed by atoms with E-state index in [9.17, 15) is 18.8 Å². The van der Waals surface area contributed by atoms with Gasteiger partial charge in [0, 0.05) is 18.5 Å². The van der Waals surface area contributed by atoms with E-state index in [1.165, 1.54) is 12.1 Å². The highest BCUT2D eigenvalue weighted by atomic mass is 19.1. The number of halogens is 1. The van der Waals surface area contributed by atoms with Gasteiger partial charge in [-0.05, 0) is 37.5 Å². The zero-order valence-electron chi connectivity index (χ0n) is 11.6. The second-order valence-electron chi connectivity index (χ2n) is 4.56. The summed E-state index contributed by atoms with van der Waals surface area (Å²) in [5, 5.41) is 12.9. The van der Waals surface area contributed by atoms with Crippen molar-refractivity contribution in [2.45, 2.75) is 32.6 Å². The maximum Gasteiger partial charge on any atom is 0.325 e. The number of hydrogen-bond acceptors (Lipinski definition) is 3. The van der Waals surface area contributed by atoms with Crippen molar-refractivity contribution < 1.29 is 23.9 Å². The van der Waals surface area contributed by atoms with Gasteiger partial charge in [0.25, 0.3) is 0 Å². The molecule has 3 N–H and O–H groups in total. The molecule has 114 valence electrons. The first-order valence-corrected chi connectivity index (χ1v) is 6.47. The minimum Gasteiger partial charge on any atom is -0.481 e. The van der Waals surface area contributed by atoms with Crippen LogP contribution in [0.15, 0.2) is 18.2 Å². The minimum atomic E-state index is -0.922. The Morgan fingerprint density at radius 2 is 1.86 bits per heavy atom. The van der Waals surface area contributed by atoms with Crippen molar-refractivity contribution in [1.29, 1.82) is 0 Å². The molecule has 0 bridgehead atoms. The normalized spacial score (nSPS) is 10.0. The molecule has 0 saturated heterocycles. The number of unbranched alkanes of at least 4 members (excludes halogenated alkanes) is 1. The summed E-state index contributed by atoms with van der Waals surface area (Å²) < 4.78 is 13.0. The largest absolute Gasteiger partial charge is 0.481 e. The van der Waals surface area contributed by atoms with Crippen LogP contribution in [0.4, 0.5) is 14.9 Å². The van der Waals surface area contributed by atoms with Crippen molar-refractivity contribution in [1.82, 2.24) is 5.32 Å². The molecule has 1 rings (SSSR count). The highest BCUT2D eigenvalue weighted by Gasteiger charge is 2.10. The van der Waals surface area contributed by atoms with Crippen molar-refractivity contribution in [2.75, 3.05) is 5.32 Å². The number of nitrogens with one attached hydrogen (secondary N) is 2. The lowest BCUT2D eigenvalue weighted by Crippen LogP contribution is -2.34. The number of hydrogen-bond donors (Lipinski definition) is 3. The number of benzene rings is 1. The van der Waals surface area contributed by atoms with E-state index in [0.717, 1.165) is 6.07 Å². The van der Waals surface area contributed by atoms with Gasteiger partial charge < -0.3 is 10.4 Å². The molecule has 6 nitrogen and oxygen atoms in total. The summed E-state index contributed by atoms with van der Waals surface area (Å²) in [4.78, 5) is 33.3. The lowest BCUT2D eigenvalue weighted by atomic mass is 10.2. The van der Waals surface area contributed by atoms with Crippen molar-refractivity contribution in [3.63, 3.8) is 0 Å². The zero-order chi connectivity index (χ0) is 15.8. The molecule has 1 aromatic rings. The van der Waals surface area contributed by atoms with Gasteiger partial charge in [-0.3, -0.25) is 14.9 Å². The van der Waals surface area contributed by atoms with Gasteiger partial charge in [-0.25, -0.2) is 9.18 Å². The topological polar surface area (TPSA) is 95.5 Å². The maximum atomic E-state index is 13.0. The van der Waals surface area contributed by atoms with Gasteiger partial charge in [0.1, 0.15) is 5.82 Å². The summed E-state index contributed by atoms with van der Waals surface area (Å²) in [6.45, 7) is 1.70. The molecule has 0 unspecified atom stereocenters. The second kappa shape index (κ2) is 7.98. The van der Waals surface area contributed by atoms with Gasteiger partial charge in [-0.2, -0.15) is 0 Å². The van der Waals surface area contributed by atoms with E-state index in [4.69, 9.17) is 5.11 Å². The van der Waals surface area contributed by atoms with Gasteiger partial charge in [0.05, 0.1) is 0 Å². The van der Waals surface area contributed by atoms with Crippen LogP contribution in [-0.4, -0.2) is 23.0 Å². The molecule has 0 radical (unpaired) electrons. The fraction of sp³-hybridized carbons (Fsp3) is 0.357. The fourth-order valence-electron chi connectivity index (χ4n) is 1.63. The van der Waals surface area contributed by atoms with Crippen LogP contribution >= 0.6 is 0 Å². The standard InChI is InChI=1S/C14H17FN2O4/c1-9-6-7-10(15)8-11(9)16-14(21)17-12(18)4-2-3-5-13(19)20/h6-8H,2-5H2,1H3,(H,19,20)(H2,16,17,18,21). The Bertz CT molecular complexity index is 546. The Morgan fingerprint density at radius 1 is 1.19 bits per heavy atom. The van der Waals surface area contributed by atoms with Gasteiger partial charge in [-0.15, -0.1) is 0 Å². The first-order chi connectivity index (χ1) is 9.88. The van der Waals surface area contributed by atoms with Crippen LogP contribution in [0.5, 0.6) is 0 Å². The van der Waals surface area contributed by atoms with E-state index in [-0.39, 0.29) is 18.5 Å². The predicted octanol–water partition coefficient (Wildman–Crippen LogP) is 2.43. The lowest BCUT2D eigenvalue weighted by Gasteiger charge is -2.09. The Kier molecular flexibility index (Phi) is 6.32. The molecule has 0 aliphatic heterocycles. The summed E-state index contributed by atoms with van der Waals surface area (Å²) in [5.41, 5.74) is 0.951. The summed E-state index contributed by atoms with van der Waals surface area (Å²) in [7, 11) is 0. The van der Waals surface area contributed by atoms with E-state index >= 15 is 0 Å². The maximum absolute atomic E-state index is 13.0. The van der Waals surface area contributed by atoms with Crippen LogP contribution < -0.4 is 10.6 Å². The smallest absolute Gasteiger partial charge is 0.325 e. The Balaban J connectivity index is 2.37. The predicted molar refractivity (Wildman–Crippen MR) is 74.4 cm³/mol.